The Morgan fingerprint density at radius 1 is 1.24 bits per heavy atom. The number of hydrogen-bond donors (Lipinski definition) is 1. The summed E-state index contributed by atoms with van der Waals surface area (Å²) in [4.78, 5) is 37.1. The van der Waals surface area contributed by atoms with Crippen LogP contribution in [0.25, 0.3) is 0 Å². The molecular weight excluding hydrogens is 318 g/mol. The first-order valence-corrected chi connectivity index (χ1v) is 9.17. The lowest BCUT2D eigenvalue weighted by atomic mass is 9.95. The van der Waals surface area contributed by atoms with Crippen molar-refractivity contribution in [2.75, 3.05) is 38.5 Å². The molecule has 0 saturated carbocycles. The van der Waals surface area contributed by atoms with Crippen LogP contribution < -0.4 is 5.32 Å². The zero-order valence-corrected chi connectivity index (χ0v) is 15.1. The van der Waals surface area contributed by atoms with Gasteiger partial charge in [-0.2, -0.15) is 0 Å². The van der Waals surface area contributed by atoms with E-state index in [1.807, 2.05) is 16.7 Å². The van der Waals surface area contributed by atoms with E-state index in [0.29, 0.717) is 29.9 Å². The Hall–Kier alpha value is -2.18. The molecule has 2 fully saturated rings. The van der Waals surface area contributed by atoms with Crippen LogP contribution in [-0.2, 0) is 4.79 Å². The van der Waals surface area contributed by atoms with Gasteiger partial charge >= 0.3 is 0 Å². The molecular formula is C18H27N5O2. The minimum Gasteiger partial charge on any atom is -0.357 e. The number of aromatic nitrogens is 2. The number of nitrogens with zero attached hydrogens (tertiary/aromatic N) is 4. The molecule has 3 heterocycles. The van der Waals surface area contributed by atoms with Gasteiger partial charge in [0.15, 0.2) is 0 Å². The van der Waals surface area contributed by atoms with Crippen LogP contribution in [0.3, 0.4) is 0 Å². The van der Waals surface area contributed by atoms with E-state index in [1.165, 1.54) is 0 Å². The number of carbonyl (C=O) groups excluding carboxylic acids is 2. The van der Waals surface area contributed by atoms with Crippen LogP contribution in [0, 0.1) is 12.8 Å². The molecule has 3 rings (SSSR count). The van der Waals surface area contributed by atoms with Crippen LogP contribution in [0.5, 0.6) is 0 Å². The van der Waals surface area contributed by atoms with Crippen LogP contribution in [0.4, 0.5) is 5.95 Å². The predicted octanol–water partition coefficient (Wildman–Crippen LogP) is 1.69. The number of hydrogen-bond acceptors (Lipinski definition) is 5. The number of anilines is 1. The molecule has 7 nitrogen and oxygen atoms in total. The SMILES string of the molecule is CNc1nc(C)cc(C(=O)N2CCC(CN3CCCCC3=O)CC2)n1. The first kappa shape index (κ1) is 17.6. The summed E-state index contributed by atoms with van der Waals surface area (Å²) in [7, 11) is 1.75. The van der Waals surface area contributed by atoms with E-state index in [9.17, 15) is 9.59 Å². The Bertz CT molecular complexity index is 640. The van der Waals surface area contributed by atoms with E-state index < -0.39 is 0 Å². The third-order valence-electron chi connectivity index (χ3n) is 5.10. The molecule has 1 N–H and O–H groups in total. The van der Waals surface area contributed by atoms with Crippen molar-refractivity contribution in [3.8, 4) is 0 Å². The number of carbonyl (C=O) groups is 2. The highest BCUT2D eigenvalue weighted by Gasteiger charge is 2.28. The number of likely N-dealkylation sites (tertiary alicyclic amines) is 2. The Morgan fingerprint density at radius 3 is 2.68 bits per heavy atom. The Balaban J connectivity index is 1.55. The molecule has 0 aromatic carbocycles. The molecule has 0 unspecified atom stereocenters. The zero-order chi connectivity index (χ0) is 17.8. The highest BCUT2D eigenvalue weighted by molar-refractivity contribution is 5.92. The lowest BCUT2D eigenvalue weighted by molar-refractivity contribution is -0.134. The summed E-state index contributed by atoms with van der Waals surface area (Å²) in [6, 6.07) is 1.74. The van der Waals surface area contributed by atoms with Crippen molar-refractivity contribution < 1.29 is 9.59 Å². The Morgan fingerprint density at radius 2 is 2.00 bits per heavy atom. The summed E-state index contributed by atoms with van der Waals surface area (Å²) in [6.45, 7) is 5.05. The van der Waals surface area contributed by atoms with E-state index in [2.05, 4.69) is 15.3 Å². The number of aryl methyl sites for hydroxylation is 1. The van der Waals surface area contributed by atoms with Crippen molar-refractivity contribution >= 4 is 17.8 Å². The van der Waals surface area contributed by atoms with Gasteiger partial charge in [0.1, 0.15) is 5.69 Å². The number of rotatable bonds is 4. The quantitative estimate of drug-likeness (QED) is 0.898. The topological polar surface area (TPSA) is 78.4 Å². The van der Waals surface area contributed by atoms with Crippen molar-refractivity contribution in [2.45, 2.75) is 39.0 Å². The van der Waals surface area contributed by atoms with Crippen LogP contribution in [0.1, 0.15) is 48.3 Å². The fourth-order valence-corrected chi connectivity index (χ4v) is 3.64. The average molecular weight is 345 g/mol. The second-order valence-corrected chi connectivity index (χ2v) is 7.00. The van der Waals surface area contributed by atoms with Gasteiger partial charge in [0.05, 0.1) is 0 Å². The first-order chi connectivity index (χ1) is 12.1. The Labute approximate surface area is 148 Å². The van der Waals surface area contributed by atoms with Crippen molar-refractivity contribution in [1.82, 2.24) is 19.8 Å². The average Bonchev–Trinajstić information content (AvgIpc) is 2.63. The summed E-state index contributed by atoms with van der Waals surface area (Å²) < 4.78 is 0. The van der Waals surface area contributed by atoms with Gasteiger partial charge in [-0.1, -0.05) is 0 Å². The molecule has 25 heavy (non-hydrogen) atoms. The second-order valence-electron chi connectivity index (χ2n) is 7.00. The summed E-state index contributed by atoms with van der Waals surface area (Å²) >= 11 is 0. The third kappa shape index (κ3) is 4.27. The molecule has 2 aliphatic rings. The first-order valence-electron chi connectivity index (χ1n) is 9.17. The monoisotopic (exact) mass is 345 g/mol. The molecule has 136 valence electrons. The molecule has 0 aliphatic carbocycles. The fraction of sp³-hybridized carbons (Fsp3) is 0.667. The van der Waals surface area contributed by atoms with Gasteiger partial charge < -0.3 is 15.1 Å². The Kier molecular flexibility index (Phi) is 5.50. The molecule has 0 atom stereocenters. The van der Waals surface area contributed by atoms with Crippen molar-refractivity contribution in [3.63, 3.8) is 0 Å². The minimum absolute atomic E-state index is 0.0329. The van der Waals surface area contributed by atoms with Crippen molar-refractivity contribution in [2.24, 2.45) is 5.92 Å². The standard InChI is InChI=1S/C18H27N5O2/c1-13-11-15(21-18(19-2)20-13)17(25)22-9-6-14(7-10-22)12-23-8-4-3-5-16(23)24/h11,14H,3-10,12H2,1-2H3,(H,19,20,21). The highest BCUT2D eigenvalue weighted by atomic mass is 16.2. The summed E-state index contributed by atoms with van der Waals surface area (Å²) in [5.74, 6) is 1.23. The molecule has 1 aromatic heterocycles. The van der Waals surface area contributed by atoms with Gasteiger partial charge in [0.25, 0.3) is 5.91 Å². The second kappa shape index (κ2) is 7.80. The van der Waals surface area contributed by atoms with E-state index in [0.717, 1.165) is 57.6 Å². The number of nitrogens with one attached hydrogen (secondary N) is 1. The molecule has 2 saturated heterocycles. The van der Waals surface area contributed by atoms with Crippen molar-refractivity contribution in [1.29, 1.82) is 0 Å². The lowest BCUT2D eigenvalue weighted by Gasteiger charge is -2.36. The number of piperidine rings is 2. The largest absolute Gasteiger partial charge is 0.357 e. The number of amides is 2. The maximum absolute atomic E-state index is 12.7. The molecule has 7 heteroatoms. The lowest BCUT2D eigenvalue weighted by Crippen LogP contribution is -2.44. The molecule has 0 radical (unpaired) electrons. The summed E-state index contributed by atoms with van der Waals surface area (Å²) in [5.41, 5.74) is 1.22. The van der Waals surface area contributed by atoms with Crippen LogP contribution in [0.2, 0.25) is 0 Å². The normalized spacial score (nSPS) is 19.2. The van der Waals surface area contributed by atoms with E-state index in [4.69, 9.17) is 0 Å². The van der Waals surface area contributed by atoms with Crippen LogP contribution >= 0.6 is 0 Å². The zero-order valence-electron chi connectivity index (χ0n) is 15.1. The summed E-state index contributed by atoms with van der Waals surface area (Å²) in [5, 5.41) is 2.89. The van der Waals surface area contributed by atoms with E-state index >= 15 is 0 Å². The smallest absolute Gasteiger partial charge is 0.272 e. The van der Waals surface area contributed by atoms with Gasteiger partial charge in [-0.05, 0) is 44.6 Å². The van der Waals surface area contributed by atoms with Gasteiger partial charge in [-0.3, -0.25) is 9.59 Å². The molecule has 0 bridgehead atoms. The van der Waals surface area contributed by atoms with Crippen molar-refractivity contribution in [3.05, 3.63) is 17.5 Å². The fourth-order valence-electron chi connectivity index (χ4n) is 3.64. The predicted molar refractivity (Wildman–Crippen MR) is 95.4 cm³/mol. The maximum atomic E-state index is 12.7. The van der Waals surface area contributed by atoms with Gasteiger partial charge in [-0.25, -0.2) is 9.97 Å². The van der Waals surface area contributed by atoms with E-state index in [1.54, 1.807) is 13.1 Å². The third-order valence-corrected chi connectivity index (χ3v) is 5.10. The molecule has 0 spiro atoms. The molecule has 1 aromatic rings. The minimum atomic E-state index is -0.0329. The summed E-state index contributed by atoms with van der Waals surface area (Å²) in [6.07, 6.45) is 4.72. The maximum Gasteiger partial charge on any atom is 0.272 e. The van der Waals surface area contributed by atoms with Gasteiger partial charge in [-0.15, -0.1) is 0 Å². The molecule has 2 aliphatic heterocycles. The van der Waals surface area contributed by atoms with Crippen LogP contribution in [-0.4, -0.2) is 64.8 Å². The van der Waals surface area contributed by atoms with Gasteiger partial charge in [0, 0.05) is 45.3 Å². The molecule has 2 amide bonds. The van der Waals surface area contributed by atoms with Crippen LogP contribution in [0.15, 0.2) is 6.07 Å². The highest BCUT2D eigenvalue weighted by Crippen LogP contribution is 2.22. The van der Waals surface area contributed by atoms with E-state index in [-0.39, 0.29) is 5.91 Å². The van der Waals surface area contributed by atoms with Gasteiger partial charge in [0.2, 0.25) is 11.9 Å².